The number of nitrogens with one attached hydrogen (secondary N) is 1. The summed E-state index contributed by atoms with van der Waals surface area (Å²) in [6, 6.07) is 12.7. The van der Waals surface area contributed by atoms with Crippen molar-refractivity contribution in [1.29, 1.82) is 0 Å². The summed E-state index contributed by atoms with van der Waals surface area (Å²) in [4.78, 5) is 6.43. The molecule has 2 aromatic rings. The summed E-state index contributed by atoms with van der Waals surface area (Å²) in [7, 11) is 0. The third kappa shape index (κ3) is 2.96. The van der Waals surface area contributed by atoms with Crippen LogP contribution in [0.3, 0.4) is 0 Å². The molecule has 0 radical (unpaired) electrons. The van der Waals surface area contributed by atoms with Crippen LogP contribution in [0.25, 0.3) is 0 Å². The zero-order valence-electron chi connectivity index (χ0n) is 11.8. The topological polar surface area (TPSA) is 54.2 Å². The summed E-state index contributed by atoms with van der Waals surface area (Å²) >= 11 is 6.35. The first kappa shape index (κ1) is 14.2. The van der Waals surface area contributed by atoms with E-state index in [2.05, 4.69) is 45.6 Å². The predicted octanol–water partition coefficient (Wildman–Crippen LogP) is 3.40. The van der Waals surface area contributed by atoms with E-state index in [9.17, 15) is 0 Å². The number of halogens is 1. The third-order valence-electron chi connectivity index (χ3n) is 4.11. The van der Waals surface area contributed by atoms with Crippen molar-refractivity contribution in [2.24, 2.45) is 5.84 Å². The normalized spacial score (nSPS) is 16.0. The number of hydrogen-bond acceptors (Lipinski definition) is 4. The average Bonchev–Trinajstić information content (AvgIpc) is 2.56. The minimum Gasteiger partial charge on any atom is -0.370 e. The fraction of sp³-hybridized carbons (Fsp3) is 0.312. The molecule has 0 unspecified atom stereocenters. The van der Waals surface area contributed by atoms with Crippen LogP contribution in [-0.2, 0) is 0 Å². The van der Waals surface area contributed by atoms with Crippen LogP contribution in [0.4, 0.5) is 11.5 Å². The monoisotopic (exact) mass is 302 g/mol. The molecule has 0 amide bonds. The van der Waals surface area contributed by atoms with Gasteiger partial charge < -0.3 is 10.3 Å². The molecule has 1 saturated heterocycles. The number of hydrazine groups is 1. The lowest BCUT2D eigenvalue weighted by Gasteiger charge is -2.34. The van der Waals surface area contributed by atoms with Gasteiger partial charge in [-0.15, -0.1) is 0 Å². The highest BCUT2D eigenvalue weighted by atomic mass is 35.5. The number of pyridine rings is 1. The van der Waals surface area contributed by atoms with Crippen LogP contribution in [0, 0.1) is 0 Å². The Morgan fingerprint density at radius 3 is 2.52 bits per heavy atom. The zero-order valence-corrected chi connectivity index (χ0v) is 12.6. The van der Waals surface area contributed by atoms with Crippen LogP contribution in [0.5, 0.6) is 0 Å². The fourth-order valence-corrected chi connectivity index (χ4v) is 3.24. The second-order valence-corrected chi connectivity index (χ2v) is 5.69. The third-order valence-corrected chi connectivity index (χ3v) is 4.48. The standard InChI is InChI=1S/C16H19ClN4/c17-15-14(6-9-19-16(15)20-18)21-10-7-13(8-11-21)12-4-2-1-3-5-12/h1-6,9,13H,7-8,10-11,18H2,(H,19,20). The molecule has 0 saturated carbocycles. The molecule has 3 rings (SSSR count). The first-order chi connectivity index (χ1) is 10.3. The lowest BCUT2D eigenvalue weighted by molar-refractivity contribution is 0.505. The van der Waals surface area contributed by atoms with Gasteiger partial charge in [0.25, 0.3) is 0 Å². The number of piperidine rings is 1. The van der Waals surface area contributed by atoms with Crippen molar-refractivity contribution in [1.82, 2.24) is 4.98 Å². The van der Waals surface area contributed by atoms with E-state index in [4.69, 9.17) is 17.4 Å². The van der Waals surface area contributed by atoms with Gasteiger partial charge in [-0.25, -0.2) is 10.8 Å². The Morgan fingerprint density at radius 1 is 1.14 bits per heavy atom. The van der Waals surface area contributed by atoms with Gasteiger partial charge in [-0.2, -0.15) is 0 Å². The van der Waals surface area contributed by atoms with Gasteiger partial charge in [-0.1, -0.05) is 41.9 Å². The number of benzene rings is 1. The highest BCUT2D eigenvalue weighted by molar-refractivity contribution is 6.35. The van der Waals surface area contributed by atoms with E-state index in [1.165, 1.54) is 5.56 Å². The first-order valence-corrected chi connectivity index (χ1v) is 7.58. The van der Waals surface area contributed by atoms with E-state index in [1.54, 1.807) is 6.20 Å². The molecule has 1 aromatic carbocycles. The van der Waals surface area contributed by atoms with E-state index in [1.807, 2.05) is 6.07 Å². The number of hydrogen-bond donors (Lipinski definition) is 2. The SMILES string of the molecule is NNc1nccc(N2CCC(c3ccccc3)CC2)c1Cl. The highest BCUT2D eigenvalue weighted by Crippen LogP contribution is 2.35. The van der Waals surface area contributed by atoms with Crippen molar-refractivity contribution in [2.75, 3.05) is 23.4 Å². The van der Waals surface area contributed by atoms with E-state index in [-0.39, 0.29) is 0 Å². The van der Waals surface area contributed by atoms with Crippen LogP contribution >= 0.6 is 11.6 Å². The average molecular weight is 303 g/mol. The number of nitrogens with two attached hydrogens (primary N) is 1. The van der Waals surface area contributed by atoms with Gasteiger partial charge in [0.2, 0.25) is 0 Å². The van der Waals surface area contributed by atoms with E-state index < -0.39 is 0 Å². The Morgan fingerprint density at radius 2 is 1.86 bits per heavy atom. The molecule has 2 heterocycles. The number of aromatic nitrogens is 1. The van der Waals surface area contributed by atoms with Crippen LogP contribution in [0.2, 0.25) is 5.02 Å². The van der Waals surface area contributed by atoms with Gasteiger partial charge in [0.05, 0.1) is 5.69 Å². The van der Waals surface area contributed by atoms with Gasteiger partial charge in [0.15, 0.2) is 5.82 Å². The molecule has 0 spiro atoms. The molecule has 110 valence electrons. The summed E-state index contributed by atoms with van der Waals surface area (Å²) in [6.45, 7) is 1.99. The zero-order chi connectivity index (χ0) is 14.7. The molecule has 0 bridgehead atoms. The van der Waals surface area contributed by atoms with Crippen molar-refractivity contribution in [3.8, 4) is 0 Å². The first-order valence-electron chi connectivity index (χ1n) is 7.20. The quantitative estimate of drug-likeness (QED) is 0.674. The maximum absolute atomic E-state index is 6.35. The Balaban J connectivity index is 1.72. The lowest BCUT2D eigenvalue weighted by Crippen LogP contribution is -2.33. The molecule has 1 aromatic heterocycles. The van der Waals surface area contributed by atoms with Crippen molar-refractivity contribution < 1.29 is 0 Å². The molecular formula is C16H19ClN4. The molecule has 1 aliphatic rings. The number of anilines is 2. The minimum atomic E-state index is 0.527. The minimum absolute atomic E-state index is 0.527. The summed E-state index contributed by atoms with van der Waals surface area (Å²) < 4.78 is 0. The molecular weight excluding hydrogens is 284 g/mol. The van der Waals surface area contributed by atoms with Gasteiger partial charge in [0, 0.05) is 19.3 Å². The lowest BCUT2D eigenvalue weighted by atomic mass is 9.89. The molecule has 1 fully saturated rings. The molecule has 3 N–H and O–H groups in total. The molecule has 0 aliphatic carbocycles. The number of rotatable bonds is 3. The fourth-order valence-electron chi connectivity index (χ4n) is 2.96. The van der Waals surface area contributed by atoms with Gasteiger partial charge in [-0.05, 0) is 30.4 Å². The van der Waals surface area contributed by atoms with Crippen molar-refractivity contribution in [3.05, 3.63) is 53.2 Å². The van der Waals surface area contributed by atoms with Crippen molar-refractivity contribution >= 4 is 23.1 Å². The summed E-state index contributed by atoms with van der Waals surface area (Å²) in [5.41, 5.74) is 4.98. The predicted molar refractivity (Wildman–Crippen MR) is 87.7 cm³/mol. The Bertz CT molecular complexity index is 594. The van der Waals surface area contributed by atoms with Crippen LogP contribution in [0.15, 0.2) is 42.6 Å². The summed E-state index contributed by atoms with van der Waals surface area (Å²) in [6.07, 6.45) is 4.00. The molecule has 0 atom stereocenters. The van der Waals surface area contributed by atoms with E-state index in [0.29, 0.717) is 16.8 Å². The summed E-state index contributed by atoms with van der Waals surface area (Å²) in [5.74, 6) is 6.59. The molecule has 5 heteroatoms. The maximum atomic E-state index is 6.35. The summed E-state index contributed by atoms with van der Waals surface area (Å²) in [5, 5.41) is 0.596. The highest BCUT2D eigenvalue weighted by Gasteiger charge is 2.22. The number of nitrogens with zero attached hydrogens (tertiary/aromatic N) is 2. The smallest absolute Gasteiger partial charge is 0.160 e. The van der Waals surface area contributed by atoms with E-state index >= 15 is 0 Å². The van der Waals surface area contributed by atoms with Crippen LogP contribution in [0.1, 0.15) is 24.3 Å². The van der Waals surface area contributed by atoms with Crippen molar-refractivity contribution in [2.45, 2.75) is 18.8 Å². The molecule has 1 aliphatic heterocycles. The van der Waals surface area contributed by atoms with Crippen LogP contribution in [-0.4, -0.2) is 18.1 Å². The van der Waals surface area contributed by atoms with Gasteiger partial charge in [0.1, 0.15) is 5.02 Å². The number of nitrogen functional groups attached to an aromatic ring is 1. The van der Waals surface area contributed by atoms with Crippen LogP contribution < -0.4 is 16.2 Å². The second kappa shape index (κ2) is 6.33. The molecule has 4 nitrogen and oxygen atoms in total. The second-order valence-electron chi connectivity index (χ2n) is 5.31. The maximum Gasteiger partial charge on any atom is 0.160 e. The Hall–Kier alpha value is -1.78. The Kier molecular flexibility index (Phi) is 4.27. The Labute approximate surface area is 129 Å². The molecule has 21 heavy (non-hydrogen) atoms. The van der Waals surface area contributed by atoms with Crippen molar-refractivity contribution in [3.63, 3.8) is 0 Å². The van der Waals surface area contributed by atoms with Gasteiger partial charge >= 0.3 is 0 Å². The van der Waals surface area contributed by atoms with E-state index in [0.717, 1.165) is 31.6 Å². The van der Waals surface area contributed by atoms with Gasteiger partial charge in [-0.3, -0.25) is 0 Å². The largest absolute Gasteiger partial charge is 0.370 e.